The van der Waals surface area contributed by atoms with Gasteiger partial charge in [-0.25, -0.2) is 4.79 Å². The van der Waals surface area contributed by atoms with Crippen molar-refractivity contribution in [3.63, 3.8) is 0 Å². The van der Waals surface area contributed by atoms with Crippen LogP contribution in [-0.2, 0) is 0 Å². The highest BCUT2D eigenvalue weighted by Gasteiger charge is 2.08. The molecule has 0 saturated heterocycles. The van der Waals surface area contributed by atoms with Gasteiger partial charge in [-0.15, -0.1) is 11.3 Å². The van der Waals surface area contributed by atoms with Gasteiger partial charge in [0, 0.05) is 10.1 Å². The Bertz CT molecular complexity index is 766. The Morgan fingerprint density at radius 1 is 1.07 bits per heavy atom. The van der Waals surface area contributed by atoms with Gasteiger partial charge in [0.25, 0.3) is 5.56 Å². The van der Waals surface area contributed by atoms with E-state index in [4.69, 9.17) is 0 Å². The van der Waals surface area contributed by atoms with Crippen molar-refractivity contribution in [1.82, 2.24) is 9.97 Å². The predicted octanol–water partition coefficient (Wildman–Crippen LogP) is 1.43. The van der Waals surface area contributed by atoms with E-state index in [2.05, 4.69) is 9.97 Å². The molecule has 4 nitrogen and oxygen atoms in total. The molecule has 74 valence electrons. The van der Waals surface area contributed by atoms with E-state index in [1.807, 2.05) is 24.3 Å². The quantitative estimate of drug-likeness (QED) is 0.599. The molecule has 0 unspecified atom stereocenters. The van der Waals surface area contributed by atoms with Crippen LogP contribution in [0, 0.1) is 0 Å². The lowest BCUT2D eigenvalue weighted by atomic mass is 10.2. The number of H-pyrrole nitrogens is 2. The summed E-state index contributed by atoms with van der Waals surface area (Å²) in [6, 6.07) is 7.59. The average Bonchev–Trinajstić information content (AvgIpc) is 2.54. The first-order chi connectivity index (χ1) is 7.25. The van der Waals surface area contributed by atoms with Gasteiger partial charge in [-0.05, 0) is 6.07 Å². The highest BCUT2D eigenvalue weighted by molar-refractivity contribution is 7.25. The monoisotopic (exact) mass is 218 g/mol. The predicted molar refractivity (Wildman–Crippen MR) is 60.6 cm³/mol. The average molecular weight is 218 g/mol. The van der Waals surface area contributed by atoms with Crippen LogP contribution in [0.1, 0.15) is 0 Å². The Balaban J connectivity index is 2.73. The molecule has 0 aliphatic carbocycles. The van der Waals surface area contributed by atoms with Crippen molar-refractivity contribution < 1.29 is 0 Å². The second-order valence-electron chi connectivity index (χ2n) is 3.21. The molecule has 0 atom stereocenters. The molecular formula is C10H6N2O2S. The summed E-state index contributed by atoms with van der Waals surface area (Å²) in [7, 11) is 0. The van der Waals surface area contributed by atoms with Crippen molar-refractivity contribution in [2.75, 3.05) is 0 Å². The van der Waals surface area contributed by atoms with Gasteiger partial charge in [0.05, 0.1) is 5.39 Å². The molecule has 0 aliphatic heterocycles. The molecule has 2 aromatic heterocycles. The maximum absolute atomic E-state index is 11.6. The Labute approximate surface area is 87.2 Å². The summed E-state index contributed by atoms with van der Waals surface area (Å²) in [5.74, 6) is 0. The zero-order chi connectivity index (χ0) is 10.4. The highest BCUT2D eigenvalue weighted by atomic mass is 32.1. The van der Waals surface area contributed by atoms with Crippen molar-refractivity contribution in [3.8, 4) is 0 Å². The Morgan fingerprint density at radius 3 is 2.73 bits per heavy atom. The van der Waals surface area contributed by atoms with E-state index in [0.29, 0.717) is 10.2 Å². The Hall–Kier alpha value is -1.88. The van der Waals surface area contributed by atoms with Gasteiger partial charge >= 0.3 is 5.69 Å². The molecule has 0 amide bonds. The zero-order valence-corrected chi connectivity index (χ0v) is 8.35. The molecule has 3 aromatic rings. The number of rotatable bonds is 0. The molecule has 3 rings (SSSR count). The minimum Gasteiger partial charge on any atom is -0.298 e. The molecule has 1 aromatic carbocycles. The van der Waals surface area contributed by atoms with Crippen LogP contribution in [0.4, 0.5) is 0 Å². The summed E-state index contributed by atoms with van der Waals surface area (Å²) in [6.45, 7) is 0. The van der Waals surface area contributed by atoms with Crippen molar-refractivity contribution in [3.05, 3.63) is 45.1 Å². The number of aromatic amines is 2. The number of thiophene rings is 1. The molecule has 2 N–H and O–H groups in total. The fraction of sp³-hybridized carbons (Fsp3) is 0. The normalized spacial score (nSPS) is 11.2. The number of benzene rings is 1. The second kappa shape index (κ2) is 2.80. The maximum atomic E-state index is 11.6. The highest BCUT2D eigenvalue weighted by Crippen LogP contribution is 2.28. The van der Waals surface area contributed by atoms with Crippen LogP contribution < -0.4 is 11.2 Å². The van der Waals surface area contributed by atoms with Crippen LogP contribution in [0.5, 0.6) is 0 Å². The largest absolute Gasteiger partial charge is 0.326 e. The van der Waals surface area contributed by atoms with Gasteiger partial charge < -0.3 is 0 Å². The van der Waals surface area contributed by atoms with E-state index in [-0.39, 0.29) is 5.56 Å². The van der Waals surface area contributed by atoms with Gasteiger partial charge in [-0.2, -0.15) is 0 Å². The number of aromatic nitrogens is 2. The maximum Gasteiger partial charge on any atom is 0.326 e. The standard InChI is InChI=1S/C10H6N2O2S/c13-8-7-5-3-1-2-4-6(5)15-9(7)12-10(14)11-8/h1-4H,(H2,11,12,13,14). The van der Waals surface area contributed by atoms with Gasteiger partial charge in [0.1, 0.15) is 4.83 Å². The minimum atomic E-state index is -0.459. The SMILES string of the molecule is O=c1[nH]c(=O)c2c([nH]1)sc1ccccc12. The van der Waals surface area contributed by atoms with Crippen molar-refractivity contribution in [1.29, 1.82) is 0 Å². The fourth-order valence-corrected chi connectivity index (χ4v) is 2.75. The summed E-state index contributed by atoms with van der Waals surface area (Å²) in [5, 5.41) is 1.45. The van der Waals surface area contributed by atoms with E-state index in [9.17, 15) is 9.59 Å². The molecule has 15 heavy (non-hydrogen) atoms. The Morgan fingerprint density at radius 2 is 1.87 bits per heavy atom. The van der Waals surface area contributed by atoms with E-state index < -0.39 is 5.69 Å². The lowest BCUT2D eigenvalue weighted by Crippen LogP contribution is -2.20. The molecule has 0 fully saturated rings. The van der Waals surface area contributed by atoms with Crippen molar-refractivity contribution in [2.24, 2.45) is 0 Å². The van der Waals surface area contributed by atoms with Crippen LogP contribution >= 0.6 is 11.3 Å². The van der Waals surface area contributed by atoms with Gasteiger partial charge in [0.2, 0.25) is 0 Å². The van der Waals surface area contributed by atoms with Crippen molar-refractivity contribution in [2.45, 2.75) is 0 Å². The third-order valence-corrected chi connectivity index (χ3v) is 3.36. The first kappa shape index (κ1) is 8.43. The lowest BCUT2D eigenvalue weighted by molar-refractivity contribution is 1.09. The smallest absolute Gasteiger partial charge is 0.298 e. The van der Waals surface area contributed by atoms with Crippen molar-refractivity contribution >= 4 is 31.6 Å². The molecule has 2 heterocycles. The second-order valence-corrected chi connectivity index (χ2v) is 4.26. The molecule has 0 radical (unpaired) electrons. The van der Waals surface area contributed by atoms with E-state index in [0.717, 1.165) is 10.1 Å². The number of hydrogen-bond donors (Lipinski definition) is 2. The number of nitrogens with one attached hydrogen (secondary N) is 2. The first-order valence-electron chi connectivity index (χ1n) is 4.39. The molecular weight excluding hydrogens is 212 g/mol. The van der Waals surface area contributed by atoms with Gasteiger partial charge in [-0.1, -0.05) is 18.2 Å². The Kier molecular flexibility index (Phi) is 1.58. The third kappa shape index (κ3) is 1.13. The summed E-state index contributed by atoms with van der Waals surface area (Å²) >= 11 is 1.41. The number of fused-ring (bicyclic) bond motifs is 3. The van der Waals surface area contributed by atoms with E-state index in [1.165, 1.54) is 11.3 Å². The summed E-state index contributed by atoms with van der Waals surface area (Å²) in [6.07, 6.45) is 0. The molecule has 0 spiro atoms. The zero-order valence-electron chi connectivity index (χ0n) is 7.53. The van der Waals surface area contributed by atoms with E-state index in [1.54, 1.807) is 0 Å². The van der Waals surface area contributed by atoms with E-state index >= 15 is 0 Å². The third-order valence-electron chi connectivity index (χ3n) is 2.28. The molecule has 5 heteroatoms. The summed E-state index contributed by atoms with van der Waals surface area (Å²) in [4.78, 5) is 28.2. The topological polar surface area (TPSA) is 65.7 Å². The summed E-state index contributed by atoms with van der Waals surface area (Å²) < 4.78 is 1.000. The van der Waals surface area contributed by atoms with Crippen LogP contribution in [0.3, 0.4) is 0 Å². The number of hydrogen-bond acceptors (Lipinski definition) is 3. The van der Waals surface area contributed by atoms with Crippen LogP contribution in [0.25, 0.3) is 20.3 Å². The lowest BCUT2D eigenvalue weighted by Gasteiger charge is -1.88. The minimum absolute atomic E-state index is 0.328. The van der Waals surface area contributed by atoms with Crippen LogP contribution in [0.2, 0.25) is 0 Å². The van der Waals surface area contributed by atoms with Crippen LogP contribution in [-0.4, -0.2) is 9.97 Å². The molecule has 0 aliphatic rings. The first-order valence-corrected chi connectivity index (χ1v) is 5.21. The molecule has 0 saturated carbocycles. The van der Waals surface area contributed by atoms with Crippen LogP contribution in [0.15, 0.2) is 33.9 Å². The van der Waals surface area contributed by atoms with Gasteiger partial charge in [0.15, 0.2) is 0 Å². The molecule has 0 bridgehead atoms. The van der Waals surface area contributed by atoms with Gasteiger partial charge in [-0.3, -0.25) is 14.8 Å². The summed E-state index contributed by atoms with van der Waals surface area (Å²) in [5.41, 5.74) is -0.787. The fourth-order valence-electron chi connectivity index (χ4n) is 1.66.